The maximum absolute atomic E-state index is 5.32. The van der Waals surface area contributed by atoms with Gasteiger partial charge in [0.2, 0.25) is 0 Å². The van der Waals surface area contributed by atoms with E-state index in [-0.39, 0.29) is 6.10 Å². The van der Waals surface area contributed by atoms with E-state index >= 15 is 0 Å². The van der Waals surface area contributed by atoms with E-state index in [4.69, 9.17) is 14.7 Å². The lowest BCUT2D eigenvalue weighted by molar-refractivity contribution is 0.117. The number of ether oxygens (including phenoxy) is 1. The molecule has 1 atom stereocenters. The summed E-state index contributed by atoms with van der Waals surface area (Å²) >= 11 is 1.85. The smallest absolute Gasteiger partial charge is 0.138 e. The number of thiophene rings is 1. The van der Waals surface area contributed by atoms with Crippen molar-refractivity contribution in [2.24, 2.45) is 0 Å². The molecule has 108 valence electrons. The molecule has 3 rings (SSSR count). The van der Waals surface area contributed by atoms with E-state index in [0.29, 0.717) is 0 Å². The van der Waals surface area contributed by atoms with Crippen LogP contribution in [0.15, 0.2) is 0 Å². The first-order valence-electron chi connectivity index (χ1n) is 7.24. The summed E-state index contributed by atoms with van der Waals surface area (Å²) in [5.41, 5.74) is 1.48. The topological polar surface area (TPSA) is 47.0 Å². The predicted octanol–water partition coefficient (Wildman–Crippen LogP) is 3.19. The Hall–Kier alpha value is -1.20. The van der Waals surface area contributed by atoms with Crippen LogP contribution in [0.4, 0.5) is 5.82 Å². The molecule has 1 aliphatic rings. The summed E-state index contributed by atoms with van der Waals surface area (Å²) < 4.78 is 5.32. The average Bonchev–Trinajstić information content (AvgIpc) is 2.84. The molecule has 0 saturated carbocycles. The summed E-state index contributed by atoms with van der Waals surface area (Å²) in [5.74, 6) is 1.85. The Morgan fingerprint density at radius 3 is 2.85 bits per heavy atom. The minimum Gasteiger partial charge on any atom is -0.381 e. The van der Waals surface area contributed by atoms with Crippen LogP contribution >= 0.6 is 11.3 Å². The monoisotopic (exact) mass is 291 g/mol. The summed E-state index contributed by atoms with van der Waals surface area (Å²) in [7, 11) is 3.67. The fourth-order valence-corrected chi connectivity index (χ4v) is 4.09. The van der Waals surface area contributed by atoms with Gasteiger partial charge < -0.3 is 10.1 Å². The van der Waals surface area contributed by atoms with Crippen molar-refractivity contribution in [3.63, 3.8) is 0 Å². The van der Waals surface area contributed by atoms with E-state index in [0.717, 1.165) is 22.9 Å². The summed E-state index contributed by atoms with van der Waals surface area (Å²) in [4.78, 5) is 12.1. The minimum absolute atomic E-state index is 0.145. The summed E-state index contributed by atoms with van der Waals surface area (Å²) in [6.45, 7) is 2.05. The van der Waals surface area contributed by atoms with E-state index in [2.05, 4.69) is 5.32 Å². The zero-order valence-electron chi connectivity index (χ0n) is 12.3. The molecule has 0 amide bonds. The molecule has 0 aliphatic heterocycles. The van der Waals surface area contributed by atoms with Crippen LogP contribution in [-0.2, 0) is 24.0 Å². The molecule has 2 heterocycles. The highest BCUT2D eigenvalue weighted by Crippen LogP contribution is 2.38. The van der Waals surface area contributed by atoms with Crippen molar-refractivity contribution in [1.29, 1.82) is 0 Å². The Morgan fingerprint density at radius 2 is 2.10 bits per heavy atom. The fourth-order valence-electron chi connectivity index (χ4n) is 2.81. The molecule has 5 heteroatoms. The number of aromatic nitrogens is 2. The van der Waals surface area contributed by atoms with Crippen molar-refractivity contribution in [1.82, 2.24) is 9.97 Å². The number of fused-ring (bicyclic) bond motifs is 3. The molecule has 0 spiro atoms. The number of rotatable bonds is 4. The summed E-state index contributed by atoms with van der Waals surface area (Å²) in [5, 5.41) is 4.50. The Labute approximate surface area is 123 Å². The van der Waals surface area contributed by atoms with Crippen LogP contribution in [0.3, 0.4) is 0 Å². The van der Waals surface area contributed by atoms with E-state index in [1.165, 1.54) is 41.5 Å². The van der Waals surface area contributed by atoms with Crippen LogP contribution in [0.1, 0.15) is 36.0 Å². The van der Waals surface area contributed by atoms with Crippen molar-refractivity contribution in [3.8, 4) is 0 Å². The highest BCUT2D eigenvalue weighted by atomic mass is 32.1. The number of aryl methyl sites for hydroxylation is 2. The van der Waals surface area contributed by atoms with Crippen LogP contribution in [-0.4, -0.2) is 30.2 Å². The maximum atomic E-state index is 5.32. The Bertz CT molecular complexity index is 623. The fraction of sp³-hybridized carbons (Fsp3) is 0.600. The van der Waals surface area contributed by atoms with Crippen LogP contribution in [0.25, 0.3) is 10.2 Å². The number of methoxy groups -OCH3 is 1. The van der Waals surface area contributed by atoms with Crippen molar-refractivity contribution in [2.75, 3.05) is 19.5 Å². The quantitative estimate of drug-likeness (QED) is 0.940. The molecular weight excluding hydrogens is 270 g/mol. The first kappa shape index (κ1) is 13.8. The Kier molecular flexibility index (Phi) is 3.89. The van der Waals surface area contributed by atoms with Crippen LogP contribution in [0, 0.1) is 0 Å². The molecule has 1 unspecified atom stereocenters. The highest BCUT2D eigenvalue weighted by molar-refractivity contribution is 7.19. The Morgan fingerprint density at radius 1 is 1.30 bits per heavy atom. The molecule has 20 heavy (non-hydrogen) atoms. The molecule has 0 radical (unpaired) electrons. The lowest BCUT2D eigenvalue weighted by atomic mass is 9.97. The van der Waals surface area contributed by atoms with E-state index in [9.17, 15) is 0 Å². The molecule has 1 N–H and O–H groups in total. The van der Waals surface area contributed by atoms with Gasteiger partial charge in [-0.05, 0) is 38.2 Å². The number of hydrogen-bond acceptors (Lipinski definition) is 5. The third-order valence-electron chi connectivity index (χ3n) is 3.97. The van der Waals surface area contributed by atoms with Gasteiger partial charge in [0.05, 0.1) is 11.5 Å². The number of anilines is 1. The zero-order valence-corrected chi connectivity index (χ0v) is 13.1. The molecular formula is C15H21N3OS. The first-order valence-corrected chi connectivity index (χ1v) is 8.06. The second-order valence-electron chi connectivity index (χ2n) is 5.38. The molecule has 0 fully saturated rings. The third-order valence-corrected chi connectivity index (χ3v) is 5.16. The zero-order chi connectivity index (χ0) is 14.1. The van der Waals surface area contributed by atoms with Gasteiger partial charge in [-0.2, -0.15) is 0 Å². The summed E-state index contributed by atoms with van der Waals surface area (Å²) in [6.07, 6.45) is 5.85. The van der Waals surface area contributed by atoms with Crippen molar-refractivity contribution < 1.29 is 4.74 Å². The number of nitrogens with one attached hydrogen (secondary N) is 1. The largest absolute Gasteiger partial charge is 0.381 e. The minimum atomic E-state index is 0.145. The standard InChI is InChI=1S/C15H21N3OS/c1-9(19-3)8-12-17-14(16-2)13-10-6-4-5-7-11(10)20-15(13)18-12/h9H,4-8H2,1-3H3,(H,16,17,18). The SMILES string of the molecule is CNc1nc(CC(C)OC)nc2sc3c(c12)CCCC3. The maximum Gasteiger partial charge on any atom is 0.138 e. The van der Waals surface area contributed by atoms with Gasteiger partial charge in [-0.15, -0.1) is 11.3 Å². The molecule has 2 aromatic heterocycles. The van der Waals surface area contributed by atoms with Crippen molar-refractivity contribution in [3.05, 3.63) is 16.3 Å². The third kappa shape index (κ3) is 2.40. The highest BCUT2D eigenvalue weighted by Gasteiger charge is 2.21. The molecule has 0 bridgehead atoms. The van der Waals surface area contributed by atoms with E-state index < -0.39 is 0 Å². The normalized spacial score (nSPS) is 16.1. The van der Waals surface area contributed by atoms with Gasteiger partial charge in [0.1, 0.15) is 16.5 Å². The second kappa shape index (κ2) is 5.66. The van der Waals surface area contributed by atoms with Crippen LogP contribution in [0.2, 0.25) is 0 Å². The van der Waals surface area contributed by atoms with Gasteiger partial charge in [-0.1, -0.05) is 0 Å². The predicted molar refractivity (Wildman–Crippen MR) is 83.8 cm³/mol. The molecule has 0 aromatic carbocycles. The summed E-state index contributed by atoms with van der Waals surface area (Å²) in [6, 6.07) is 0. The van der Waals surface area contributed by atoms with E-state index in [1.54, 1.807) is 7.11 Å². The molecule has 0 saturated heterocycles. The van der Waals surface area contributed by atoms with Gasteiger partial charge in [-0.3, -0.25) is 0 Å². The lowest BCUT2D eigenvalue weighted by Crippen LogP contribution is -2.12. The number of hydrogen-bond donors (Lipinski definition) is 1. The van der Waals surface area contributed by atoms with Crippen molar-refractivity contribution >= 4 is 27.4 Å². The van der Waals surface area contributed by atoms with Gasteiger partial charge in [0, 0.05) is 25.5 Å². The number of nitrogens with zero attached hydrogens (tertiary/aromatic N) is 2. The van der Waals surface area contributed by atoms with E-state index in [1.807, 2.05) is 25.3 Å². The molecule has 2 aromatic rings. The first-order chi connectivity index (χ1) is 9.72. The molecule has 1 aliphatic carbocycles. The lowest BCUT2D eigenvalue weighted by Gasteiger charge is -2.12. The van der Waals surface area contributed by atoms with Crippen molar-refractivity contribution in [2.45, 2.75) is 45.1 Å². The average molecular weight is 291 g/mol. The Balaban J connectivity index is 2.09. The van der Waals surface area contributed by atoms with Crippen LogP contribution < -0.4 is 5.32 Å². The second-order valence-corrected chi connectivity index (χ2v) is 6.46. The van der Waals surface area contributed by atoms with Crippen LogP contribution in [0.5, 0.6) is 0 Å². The van der Waals surface area contributed by atoms with Gasteiger partial charge in [-0.25, -0.2) is 9.97 Å². The van der Waals surface area contributed by atoms with Gasteiger partial charge in [0.25, 0.3) is 0 Å². The molecule has 4 nitrogen and oxygen atoms in total. The van der Waals surface area contributed by atoms with Gasteiger partial charge in [0.15, 0.2) is 0 Å². The van der Waals surface area contributed by atoms with Gasteiger partial charge >= 0.3 is 0 Å².